The summed E-state index contributed by atoms with van der Waals surface area (Å²) in [6.45, 7) is 2.07. The molecular formula is C27H28N6O3S. The Balaban J connectivity index is 1.27. The Morgan fingerprint density at radius 1 is 0.973 bits per heavy atom. The van der Waals surface area contributed by atoms with Gasteiger partial charge < -0.3 is 15.4 Å². The maximum Gasteiger partial charge on any atom is 0.148 e. The van der Waals surface area contributed by atoms with Crippen LogP contribution in [0.3, 0.4) is 0 Å². The van der Waals surface area contributed by atoms with Gasteiger partial charge in [-0.05, 0) is 42.0 Å². The van der Waals surface area contributed by atoms with Crippen molar-refractivity contribution in [3.8, 4) is 5.75 Å². The Morgan fingerprint density at radius 3 is 2.68 bits per heavy atom. The fraction of sp³-hybridized carbons (Fsp3) is 0.222. The summed E-state index contributed by atoms with van der Waals surface area (Å²) in [7, 11) is -2.97. The molecule has 0 saturated heterocycles. The summed E-state index contributed by atoms with van der Waals surface area (Å²) in [5.41, 5.74) is 3.95. The van der Waals surface area contributed by atoms with Gasteiger partial charge in [0.15, 0.2) is 0 Å². The van der Waals surface area contributed by atoms with E-state index in [0.29, 0.717) is 37.8 Å². The normalized spacial score (nSPS) is 11.7. The molecule has 5 aromatic rings. The number of nitrogens with zero attached hydrogens (tertiary/aromatic N) is 4. The summed E-state index contributed by atoms with van der Waals surface area (Å²) in [4.78, 5) is 8.83. The molecule has 9 nitrogen and oxygen atoms in total. The number of benzene rings is 3. The van der Waals surface area contributed by atoms with Gasteiger partial charge in [-0.1, -0.05) is 30.3 Å². The Labute approximate surface area is 215 Å². The largest absolute Gasteiger partial charge is 0.492 e. The molecule has 0 bridgehead atoms. The van der Waals surface area contributed by atoms with E-state index in [1.165, 1.54) is 18.1 Å². The summed E-state index contributed by atoms with van der Waals surface area (Å²) in [5.74, 6) is 1.47. The second-order valence-corrected chi connectivity index (χ2v) is 11.1. The summed E-state index contributed by atoms with van der Waals surface area (Å²) in [6.07, 6.45) is 4.63. The van der Waals surface area contributed by atoms with Crippen LogP contribution >= 0.6 is 0 Å². The monoisotopic (exact) mass is 516 g/mol. The number of sulfone groups is 1. The minimum Gasteiger partial charge on any atom is -0.492 e. The third-order valence-corrected chi connectivity index (χ3v) is 6.83. The van der Waals surface area contributed by atoms with E-state index >= 15 is 0 Å². The number of fused-ring (bicyclic) bond motifs is 2. The van der Waals surface area contributed by atoms with Crippen LogP contribution in [0.2, 0.25) is 0 Å². The van der Waals surface area contributed by atoms with E-state index in [2.05, 4.69) is 50.0 Å². The first-order valence-corrected chi connectivity index (χ1v) is 14.0. The van der Waals surface area contributed by atoms with Crippen LogP contribution in [0.5, 0.6) is 5.75 Å². The lowest BCUT2D eigenvalue weighted by atomic mass is 10.2. The molecule has 0 radical (unpaired) electrons. The second kappa shape index (κ2) is 10.9. The van der Waals surface area contributed by atoms with E-state index in [1.54, 1.807) is 0 Å². The van der Waals surface area contributed by atoms with Crippen molar-refractivity contribution in [1.82, 2.24) is 25.1 Å². The van der Waals surface area contributed by atoms with Crippen LogP contribution in [0.4, 0.5) is 11.5 Å². The number of anilines is 2. The third-order valence-electron chi connectivity index (χ3n) is 5.88. The highest BCUT2D eigenvalue weighted by Gasteiger charge is 2.09. The number of nitrogens with one attached hydrogen (secondary N) is 2. The van der Waals surface area contributed by atoms with Gasteiger partial charge in [0.25, 0.3) is 0 Å². The smallest absolute Gasteiger partial charge is 0.148 e. The van der Waals surface area contributed by atoms with Gasteiger partial charge in [-0.25, -0.2) is 18.4 Å². The number of hydrogen-bond donors (Lipinski definition) is 2. The Bertz CT molecular complexity index is 1620. The van der Waals surface area contributed by atoms with Crippen molar-refractivity contribution in [2.75, 3.05) is 37.0 Å². The molecule has 10 heteroatoms. The zero-order valence-electron chi connectivity index (χ0n) is 20.5. The highest BCUT2D eigenvalue weighted by atomic mass is 32.2. The first-order chi connectivity index (χ1) is 17.9. The minimum absolute atomic E-state index is 0.106. The molecule has 0 spiro atoms. The number of aromatic nitrogens is 4. The Hall–Kier alpha value is -4.02. The Kier molecular flexibility index (Phi) is 7.29. The SMILES string of the molecule is CS(=O)(=O)CCNCCOc1ccc2ncnc(Nc3ccc4c(cnn4Cc4ccccc4)c3)c2c1. The van der Waals surface area contributed by atoms with Gasteiger partial charge in [0, 0.05) is 35.8 Å². The highest BCUT2D eigenvalue weighted by Crippen LogP contribution is 2.28. The zero-order valence-corrected chi connectivity index (χ0v) is 21.3. The zero-order chi connectivity index (χ0) is 25.7. The highest BCUT2D eigenvalue weighted by molar-refractivity contribution is 7.90. The molecule has 0 atom stereocenters. The molecule has 0 aliphatic rings. The maximum atomic E-state index is 11.2. The summed E-state index contributed by atoms with van der Waals surface area (Å²) in [6, 6.07) is 22.1. The fourth-order valence-electron chi connectivity index (χ4n) is 4.03. The Morgan fingerprint density at radius 2 is 1.84 bits per heavy atom. The number of ether oxygens (including phenoxy) is 1. The van der Waals surface area contributed by atoms with Gasteiger partial charge in [0.05, 0.1) is 29.5 Å². The topological polar surface area (TPSA) is 111 Å². The summed E-state index contributed by atoms with van der Waals surface area (Å²) in [5, 5.41) is 12.9. The first-order valence-electron chi connectivity index (χ1n) is 12.0. The molecule has 0 aliphatic carbocycles. The fourth-order valence-corrected chi connectivity index (χ4v) is 4.55. The van der Waals surface area contributed by atoms with Crippen LogP contribution in [0.1, 0.15) is 5.56 Å². The standard InChI is InChI=1S/C27H28N6O3S/c1-37(34,35)14-12-28-11-13-36-23-8-9-25-24(16-23)27(30-19-29-25)32-22-7-10-26-21(15-22)17-31-33(26)18-20-5-3-2-4-6-20/h2-10,15-17,19,28H,11-14,18H2,1H3,(H,29,30,32). The molecule has 190 valence electrons. The lowest BCUT2D eigenvalue weighted by Gasteiger charge is -2.11. The molecule has 37 heavy (non-hydrogen) atoms. The quantitative estimate of drug-likeness (QED) is 0.255. The molecular weight excluding hydrogens is 488 g/mol. The van der Waals surface area contributed by atoms with Gasteiger partial charge in [-0.15, -0.1) is 0 Å². The van der Waals surface area contributed by atoms with Crippen LogP contribution in [-0.4, -0.2) is 59.9 Å². The van der Waals surface area contributed by atoms with Crippen molar-refractivity contribution in [3.05, 3.63) is 84.8 Å². The van der Waals surface area contributed by atoms with Gasteiger partial charge in [0.2, 0.25) is 0 Å². The van der Waals surface area contributed by atoms with Crippen molar-refractivity contribution < 1.29 is 13.2 Å². The van der Waals surface area contributed by atoms with E-state index in [0.717, 1.165) is 27.5 Å². The van der Waals surface area contributed by atoms with Gasteiger partial charge in [-0.3, -0.25) is 4.68 Å². The van der Waals surface area contributed by atoms with Crippen LogP contribution in [-0.2, 0) is 16.4 Å². The van der Waals surface area contributed by atoms with E-state index < -0.39 is 9.84 Å². The third kappa shape index (κ3) is 6.41. The van der Waals surface area contributed by atoms with Crippen LogP contribution in [0.25, 0.3) is 21.8 Å². The average Bonchev–Trinajstić information content (AvgIpc) is 3.28. The number of rotatable bonds is 11. The van der Waals surface area contributed by atoms with Gasteiger partial charge in [-0.2, -0.15) is 5.10 Å². The van der Waals surface area contributed by atoms with Crippen molar-refractivity contribution in [3.63, 3.8) is 0 Å². The molecule has 0 aliphatic heterocycles. The van der Waals surface area contributed by atoms with Crippen LogP contribution in [0.15, 0.2) is 79.3 Å². The summed E-state index contributed by atoms with van der Waals surface area (Å²) < 4.78 is 30.3. The van der Waals surface area contributed by atoms with Gasteiger partial charge in [0.1, 0.15) is 34.3 Å². The molecule has 0 fully saturated rings. The maximum absolute atomic E-state index is 11.2. The summed E-state index contributed by atoms with van der Waals surface area (Å²) >= 11 is 0. The van der Waals surface area contributed by atoms with E-state index in [9.17, 15) is 8.42 Å². The average molecular weight is 517 g/mol. The molecule has 5 rings (SSSR count). The molecule has 0 amide bonds. The molecule has 2 N–H and O–H groups in total. The van der Waals surface area contributed by atoms with E-state index in [1.807, 2.05) is 53.3 Å². The lowest BCUT2D eigenvalue weighted by molar-refractivity contribution is 0.316. The number of hydrogen-bond acceptors (Lipinski definition) is 8. The predicted molar refractivity (Wildman–Crippen MR) is 146 cm³/mol. The molecule has 2 heterocycles. The van der Waals surface area contributed by atoms with Crippen molar-refractivity contribution in [1.29, 1.82) is 0 Å². The molecule has 2 aromatic heterocycles. The van der Waals surface area contributed by atoms with Crippen molar-refractivity contribution in [2.45, 2.75) is 6.54 Å². The molecule has 0 unspecified atom stereocenters. The van der Waals surface area contributed by atoms with Crippen LogP contribution in [0, 0.1) is 0 Å². The predicted octanol–water partition coefficient (Wildman–Crippen LogP) is 3.78. The lowest BCUT2D eigenvalue weighted by Crippen LogP contribution is -2.26. The van der Waals surface area contributed by atoms with Crippen molar-refractivity contribution in [2.24, 2.45) is 0 Å². The van der Waals surface area contributed by atoms with E-state index in [4.69, 9.17) is 4.74 Å². The van der Waals surface area contributed by atoms with E-state index in [-0.39, 0.29) is 5.75 Å². The minimum atomic E-state index is -2.97. The van der Waals surface area contributed by atoms with Crippen molar-refractivity contribution >= 4 is 43.1 Å². The first kappa shape index (κ1) is 24.7. The van der Waals surface area contributed by atoms with Gasteiger partial charge >= 0.3 is 0 Å². The molecule has 0 saturated carbocycles. The molecule has 3 aromatic carbocycles. The second-order valence-electron chi connectivity index (χ2n) is 8.82. The van der Waals surface area contributed by atoms with Crippen LogP contribution < -0.4 is 15.4 Å².